The molecule has 2 aliphatic heterocycles. The van der Waals surface area contributed by atoms with Crippen LogP contribution >= 0.6 is 0 Å². The summed E-state index contributed by atoms with van der Waals surface area (Å²) in [5.41, 5.74) is 0.711. The van der Waals surface area contributed by atoms with Crippen LogP contribution in [0.2, 0.25) is 0 Å². The third kappa shape index (κ3) is 3.91. The Labute approximate surface area is 157 Å². The van der Waals surface area contributed by atoms with Gasteiger partial charge in [0.25, 0.3) is 5.91 Å². The molecule has 1 aromatic carbocycles. The standard InChI is InChI=1S/C19H21FN2O4S/c20-15-3-1-14(2-4-15)17-5-6-18(26-17)19(23)22-10-8-21(9-11-22)16-7-12-27(24,25)13-16/h1-6,16H,7-13H2. The zero-order chi connectivity index (χ0) is 19.0. The van der Waals surface area contributed by atoms with E-state index < -0.39 is 9.84 Å². The second-order valence-electron chi connectivity index (χ2n) is 7.06. The van der Waals surface area contributed by atoms with E-state index in [9.17, 15) is 17.6 Å². The zero-order valence-electron chi connectivity index (χ0n) is 14.8. The van der Waals surface area contributed by atoms with Crippen molar-refractivity contribution < 1.29 is 22.0 Å². The summed E-state index contributed by atoms with van der Waals surface area (Å²) >= 11 is 0. The molecule has 2 saturated heterocycles. The van der Waals surface area contributed by atoms with E-state index in [1.807, 2.05) is 0 Å². The van der Waals surface area contributed by atoms with Gasteiger partial charge >= 0.3 is 0 Å². The van der Waals surface area contributed by atoms with Gasteiger partial charge in [0.2, 0.25) is 0 Å². The number of benzene rings is 1. The van der Waals surface area contributed by atoms with E-state index in [1.54, 1.807) is 29.2 Å². The molecule has 0 N–H and O–H groups in total. The molecule has 2 aromatic rings. The lowest BCUT2D eigenvalue weighted by Crippen LogP contribution is -2.52. The van der Waals surface area contributed by atoms with Gasteiger partial charge in [0.05, 0.1) is 11.5 Å². The molecule has 144 valence electrons. The number of hydrogen-bond acceptors (Lipinski definition) is 5. The minimum Gasteiger partial charge on any atom is -0.451 e. The van der Waals surface area contributed by atoms with Crippen LogP contribution in [-0.2, 0) is 9.84 Å². The molecular formula is C19H21FN2O4S. The van der Waals surface area contributed by atoms with E-state index in [2.05, 4.69) is 4.90 Å². The highest BCUT2D eigenvalue weighted by molar-refractivity contribution is 7.91. The summed E-state index contributed by atoms with van der Waals surface area (Å²) < 4.78 is 42.0. The van der Waals surface area contributed by atoms with Crippen LogP contribution in [0, 0.1) is 5.82 Å². The zero-order valence-corrected chi connectivity index (χ0v) is 15.6. The van der Waals surface area contributed by atoms with E-state index >= 15 is 0 Å². The normalized spacial score (nSPS) is 22.9. The Morgan fingerprint density at radius 1 is 1.04 bits per heavy atom. The maximum Gasteiger partial charge on any atom is 0.289 e. The maximum atomic E-state index is 13.0. The van der Waals surface area contributed by atoms with E-state index in [1.165, 1.54) is 12.1 Å². The second kappa shape index (κ2) is 7.09. The van der Waals surface area contributed by atoms with Crippen LogP contribution in [0.3, 0.4) is 0 Å². The first kappa shape index (κ1) is 18.2. The molecule has 8 heteroatoms. The molecule has 2 fully saturated rings. The lowest BCUT2D eigenvalue weighted by Gasteiger charge is -2.37. The minimum absolute atomic E-state index is 0.0703. The smallest absolute Gasteiger partial charge is 0.289 e. The molecule has 0 radical (unpaired) electrons. The van der Waals surface area contributed by atoms with Crippen molar-refractivity contribution in [2.45, 2.75) is 12.5 Å². The molecule has 1 unspecified atom stereocenters. The van der Waals surface area contributed by atoms with Crippen molar-refractivity contribution in [2.24, 2.45) is 0 Å². The van der Waals surface area contributed by atoms with Gasteiger partial charge in [0.1, 0.15) is 11.6 Å². The summed E-state index contributed by atoms with van der Waals surface area (Å²) in [6.45, 7) is 2.42. The molecule has 6 nitrogen and oxygen atoms in total. The summed E-state index contributed by atoms with van der Waals surface area (Å²) in [4.78, 5) is 16.6. The minimum atomic E-state index is -2.90. The molecule has 1 aromatic heterocycles. The molecular weight excluding hydrogens is 371 g/mol. The van der Waals surface area contributed by atoms with Crippen LogP contribution in [0.5, 0.6) is 0 Å². The number of halogens is 1. The molecule has 1 atom stereocenters. The molecule has 0 saturated carbocycles. The highest BCUT2D eigenvalue weighted by Crippen LogP contribution is 2.24. The van der Waals surface area contributed by atoms with E-state index in [4.69, 9.17) is 4.42 Å². The molecule has 3 heterocycles. The van der Waals surface area contributed by atoms with Gasteiger partial charge in [-0.15, -0.1) is 0 Å². The van der Waals surface area contributed by atoms with Gasteiger partial charge in [0.15, 0.2) is 15.6 Å². The van der Waals surface area contributed by atoms with Crippen molar-refractivity contribution >= 4 is 15.7 Å². The van der Waals surface area contributed by atoms with Crippen LogP contribution < -0.4 is 0 Å². The van der Waals surface area contributed by atoms with Crippen LogP contribution in [0.25, 0.3) is 11.3 Å². The Kier molecular flexibility index (Phi) is 4.77. The Balaban J connectivity index is 1.38. The topological polar surface area (TPSA) is 70.8 Å². The lowest BCUT2D eigenvalue weighted by atomic mass is 10.2. The van der Waals surface area contributed by atoms with Crippen molar-refractivity contribution in [3.63, 3.8) is 0 Å². The van der Waals surface area contributed by atoms with Gasteiger partial charge in [0, 0.05) is 37.8 Å². The highest BCUT2D eigenvalue weighted by Gasteiger charge is 2.34. The number of rotatable bonds is 3. The summed E-state index contributed by atoms with van der Waals surface area (Å²) in [5.74, 6) is 0.756. The lowest BCUT2D eigenvalue weighted by molar-refractivity contribution is 0.0559. The van der Waals surface area contributed by atoms with Gasteiger partial charge in [-0.3, -0.25) is 9.69 Å². The van der Waals surface area contributed by atoms with Crippen molar-refractivity contribution in [3.8, 4) is 11.3 Å². The molecule has 27 heavy (non-hydrogen) atoms. The summed E-state index contributed by atoms with van der Waals surface area (Å²) in [7, 11) is -2.90. The third-order valence-corrected chi connectivity index (χ3v) is 7.02. The van der Waals surface area contributed by atoms with Crippen LogP contribution in [0.4, 0.5) is 4.39 Å². The third-order valence-electron chi connectivity index (χ3n) is 5.27. The average molecular weight is 392 g/mol. The number of piperazine rings is 1. The molecule has 0 bridgehead atoms. The van der Waals surface area contributed by atoms with Crippen LogP contribution in [0.15, 0.2) is 40.8 Å². The predicted molar refractivity (Wildman–Crippen MR) is 98.6 cm³/mol. The molecule has 1 amide bonds. The average Bonchev–Trinajstić information content (AvgIpc) is 3.29. The Bertz CT molecular complexity index is 931. The molecule has 0 spiro atoms. The van der Waals surface area contributed by atoms with Crippen molar-refractivity contribution in [3.05, 3.63) is 48.0 Å². The quantitative estimate of drug-likeness (QED) is 0.799. The fraction of sp³-hybridized carbons (Fsp3) is 0.421. The predicted octanol–water partition coefficient (Wildman–Crippen LogP) is 2.03. The first-order valence-electron chi connectivity index (χ1n) is 9.01. The number of carbonyl (C=O) groups is 1. The fourth-order valence-corrected chi connectivity index (χ4v) is 5.49. The number of sulfone groups is 1. The number of nitrogens with zero attached hydrogens (tertiary/aromatic N) is 2. The van der Waals surface area contributed by atoms with Gasteiger partial charge in [-0.25, -0.2) is 12.8 Å². The highest BCUT2D eigenvalue weighted by atomic mass is 32.2. The van der Waals surface area contributed by atoms with Crippen molar-refractivity contribution in [1.29, 1.82) is 0 Å². The van der Waals surface area contributed by atoms with E-state index in [0.29, 0.717) is 43.9 Å². The summed E-state index contributed by atoms with van der Waals surface area (Å²) in [6.07, 6.45) is 0.676. The van der Waals surface area contributed by atoms with Gasteiger partial charge in [-0.05, 0) is 42.8 Å². The van der Waals surface area contributed by atoms with Crippen LogP contribution in [0.1, 0.15) is 17.0 Å². The van der Waals surface area contributed by atoms with Gasteiger partial charge < -0.3 is 9.32 Å². The first-order chi connectivity index (χ1) is 12.9. The first-order valence-corrected chi connectivity index (χ1v) is 10.8. The number of furan rings is 1. The monoisotopic (exact) mass is 392 g/mol. The van der Waals surface area contributed by atoms with Crippen molar-refractivity contribution in [1.82, 2.24) is 9.80 Å². The fourth-order valence-electron chi connectivity index (χ4n) is 3.73. The largest absolute Gasteiger partial charge is 0.451 e. The Hall–Kier alpha value is -2.19. The number of amides is 1. The summed E-state index contributed by atoms with van der Waals surface area (Å²) in [5, 5.41) is 0. The Morgan fingerprint density at radius 3 is 2.37 bits per heavy atom. The van der Waals surface area contributed by atoms with Gasteiger partial charge in [-0.1, -0.05) is 0 Å². The van der Waals surface area contributed by atoms with Gasteiger partial charge in [-0.2, -0.15) is 0 Å². The Morgan fingerprint density at radius 2 is 1.74 bits per heavy atom. The molecule has 4 rings (SSSR count). The second-order valence-corrected chi connectivity index (χ2v) is 9.28. The molecule has 2 aliphatic rings. The SMILES string of the molecule is O=C(c1ccc(-c2ccc(F)cc2)o1)N1CCN(C2CCS(=O)(=O)C2)CC1. The summed E-state index contributed by atoms with van der Waals surface area (Å²) in [6, 6.07) is 9.33. The van der Waals surface area contributed by atoms with Crippen molar-refractivity contribution in [2.75, 3.05) is 37.7 Å². The number of hydrogen-bond donors (Lipinski definition) is 0. The maximum absolute atomic E-state index is 13.0. The van der Waals surface area contributed by atoms with E-state index in [-0.39, 0.29) is 35.0 Å². The van der Waals surface area contributed by atoms with Crippen LogP contribution in [-0.4, -0.2) is 67.9 Å². The molecule has 0 aliphatic carbocycles. The number of carbonyl (C=O) groups excluding carboxylic acids is 1. The van der Waals surface area contributed by atoms with E-state index in [0.717, 1.165) is 0 Å².